The zero-order valence-corrected chi connectivity index (χ0v) is 7.95. The summed E-state index contributed by atoms with van der Waals surface area (Å²) in [5.74, 6) is 0.575. The van der Waals surface area contributed by atoms with E-state index in [0.717, 1.165) is 26.2 Å². The molecule has 0 saturated carbocycles. The van der Waals surface area contributed by atoms with Gasteiger partial charge in [-0.05, 0) is 12.8 Å². The first kappa shape index (κ1) is 8.81. The van der Waals surface area contributed by atoms with Crippen LogP contribution in [0.15, 0.2) is 0 Å². The van der Waals surface area contributed by atoms with Crippen LogP contribution < -0.4 is 5.32 Å². The number of piperidine rings is 1. The predicted molar refractivity (Wildman–Crippen MR) is 48.5 cm³/mol. The van der Waals surface area contributed by atoms with Crippen molar-refractivity contribution in [1.29, 1.82) is 0 Å². The van der Waals surface area contributed by atoms with Crippen molar-refractivity contribution in [2.45, 2.75) is 18.9 Å². The van der Waals surface area contributed by atoms with Gasteiger partial charge in [-0.25, -0.2) is 4.79 Å². The zero-order valence-electron chi connectivity index (χ0n) is 7.95. The van der Waals surface area contributed by atoms with Crippen LogP contribution in [0.1, 0.15) is 12.8 Å². The minimum Gasteiger partial charge on any atom is -0.379 e. The van der Waals surface area contributed by atoms with Gasteiger partial charge < -0.3 is 15.0 Å². The largest absolute Gasteiger partial charge is 0.379 e. The smallest absolute Gasteiger partial charge is 0.317 e. The van der Waals surface area contributed by atoms with Gasteiger partial charge in [-0.15, -0.1) is 0 Å². The van der Waals surface area contributed by atoms with E-state index in [2.05, 4.69) is 5.32 Å². The van der Waals surface area contributed by atoms with E-state index in [1.54, 1.807) is 7.05 Å². The number of nitrogens with zero attached hydrogens (tertiary/aromatic N) is 1. The van der Waals surface area contributed by atoms with Gasteiger partial charge >= 0.3 is 6.03 Å². The van der Waals surface area contributed by atoms with Gasteiger partial charge in [0.15, 0.2) is 0 Å². The standard InChI is InChI=1S/C9H16N2O2/c1-10-9(12)11-4-2-3-7-5-13-6-8(7)11/h7-8H,2-6H2,1H3,(H,10,12)/t7-,8+/m0/s1. The molecule has 2 heterocycles. The molecule has 4 nitrogen and oxygen atoms in total. The molecule has 13 heavy (non-hydrogen) atoms. The lowest BCUT2D eigenvalue weighted by Crippen LogP contribution is -2.51. The van der Waals surface area contributed by atoms with Gasteiger partial charge in [0.05, 0.1) is 19.3 Å². The van der Waals surface area contributed by atoms with Gasteiger partial charge in [-0.2, -0.15) is 0 Å². The van der Waals surface area contributed by atoms with Crippen molar-refractivity contribution < 1.29 is 9.53 Å². The number of nitrogens with one attached hydrogen (secondary N) is 1. The van der Waals surface area contributed by atoms with Gasteiger partial charge in [0.2, 0.25) is 0 Å². The molecule has 0 aromatic rings. The summed E-state index contributed by atoms with van der Waals surface area (Å²) >= 11 is 0. The minimum absolute atomic E-state index is 0.0419. The van der Waals surface area contributed by atoms with Crippen LogP contribution in [0.4, 0.5) is 4.79 Å². The Hall–Kier alpha value is -0.770. The van der Waals surface area contributed by atoms with Crippen LogP contribution >= 0.6 is 0 Å². The lowest BCUT2D eigenvalue weighted by atomic mass is 9.92. The Balaban J connectivity index is 2.05. The third-order valence-corrected chi connectivity index (χ3v) is 3.01. The average Bonchev–Trinajstić information content (AvgIpc) is 2.63. The number of amides is 2. The van der Waals surface area contributed by atoms with E-state index in [0.29, 0.717) is 12.0 Å². The van der Waals surface area contributed by atoms with E-state index in [9.17, 15) is 4.79 Å². The fourth-order valence-corrected chi connectivity index (χ4v) is 2.29. The third-order valence-electron chi connectivity index (χ3n) is 3.01. The summed E-state index contributed by atoms with van der Waals surface area (Å²) in [6.07, 6.45) is 2.32. The molecular weight excluding hydrogens is 168 g/mol. The molecule has 0 aromatic heterocycles. The van der Waals surface area contributed by atoms with E-state index >= 15 is 0 Å². The van der Waals surface area contributed by atoms with E-state index in [1.807, 2.05) is 4.90 Å². The monoisotopic (exact) mass is 184 g/mol. The van der Waals surface area contributed by atoms with Crippen LogP contribution in [0.2, 0.25) is 0 Å². The van der Waals surface area contributed by atoms with Crippen molar-refractivity contribution in [1.82, 2.24) is 10.2 Å². The minimum atomic E-state index is 0.0419. The molecule has 2 fully saturated rings. The number of carbonyl (C=O) groups is 1. The van der Waals surface area contributed by atoms with E-state index in [4.69, 9.17) is 4.74 Å². The lowest BCUT2D eigenvalue weighted by Gasteiger charge is -2.35. The average molecular weight is 184 g/mol. The van der Waals surface area contributed by atoms with Gasteiger partial charge in [0.25, 0.3) is 0 Å². The van der Waals surface area contributed by atoms with Crippen LogP contribution in [-0.4, -0.2) is 43.8 Å². The molecule has 2 aliphatic rings. The van der Waals surface area contributed by atoms with Crippen LogP contribution in [0.3, 0.4) is 0 Å². The number of rotatable bonds is 0. The van der Waals surface area contributed by atoms with Crippen molar-refractivity contribution in [3.8, 4) is 0 Å². The van der Waals surface area contributed by atoms with Gasteiger partial charge in [0, 0.05) is 19.5 Å². The highest BCUT2D eigenvalue weighted by atomic mass is 16.5. The molecule has 0 aromatic carbocycles. The highest BCUT2D eigenvalue weighted by molar-refractivity contribution is 5.74. The van der Waals surface area contributed by atoms with E-state index < -0.39 is 0 Å². The molecule has 0 radical (unpaired) electrons. The molecule has 0 aliphatic carbocycles. The first-order valence-electron chi connectivity index (χ1n) is 4.89. The van der Waals surface area contributed by atoms with Crippen molar-refractivity contribution in [3.05, 3.63) is 0 Å². The summed E-state index contributed by atoms with van der Waals surface area (Å²) in [7, 11) is 1.68. The molecule has 1 N–H and O–H groups in total. The van der Waals surface area contributed by atoms with E-state index in [1.165, 1.54) is 6.42 Å². The summed E-state index contributed by atoms with van der Waals surface area (Å²) < 4.78 is 5.39. The highest BCUT2D eigenvalue weighted by Crippen LogP contribution is 2.28. The molecule has 0 spiro atoms. The number of hydrogen-bond acceptors (Lipinski definition) is 2. The topological polar surface area (TPSA) is 41.6 Å². The van der Waals surface area contributed by atoms with Crippen molar-refractivity contribution in [3.63, 3.8) is 0 Å². The van der Waals surface area contributed by atoms with Crippen molar-refractivity contribution in [2.75, 3.05) is 26.8 Å². The van der Waals surface area contributed by atoms with Crippen LogP contribution in [0.25, 0.3) is 0 Å². The third kappa shape index (κ3) is 1.50. The van der Waals surface area contributed by atoms with Gasteiger partial charge in [-0.3, -0.25) is 0 Å². The first-order chi connectivity index (χ1) is 6.33. The number of hydrogen-bond donors (Lipinski definition) is 1. The van der Waals surface area contributed by atoms with E-state index in [-0.39, 0.29) is 6.03 Å². The predicted octanol–water partition coefficient (Wildman–Crippen LogP) is 0.437. The van der Waals surface area contributed by atoms with Crippen LogP contribution in [-0.2, 0) is 4.74 Å². The van der Waals surface area contributed by atoms with Gasteiger partial charge in [0.1, 0.15) is 0 Å². The molecule has 2 aliphatic heterocycles. The Morgan fingerprint density at radius 1 is 1.54 bits per heavy atom. The molecule has 2 amide bonds. The Kier molecular flexibility index (Phi) is 2.40. The first-order valence-corrected chi connectivity index (χ1v) is 4.89. The molecule has 2 rings (SSSR count). The second kappa shape index (κ2) is 3.54. The second-order valence-corrected chi connectivity index (χ2v) is 3.76. The normalized spacial score (nSPS) is 32.8. The quantitative estimate of drug-likeness (QED) is 0.593. The molecule has 2 atom stereocenters. The summed E-state index contributed by atoms with van der Waals surface area (Å²) in [5.41, 5.74) is 0. The Morgan fingerprint density at radius 3 is 3.15 bits per heavy atom. The molecule has 74 valence electrons. The van der Waals surface area contributed by atoms with Crippen molar-refractivity contribution >= 4 is 6.03 Å². The maximum absolute atomic E-state index is 11.5. The maximum Gasteiger partial charge on any atom is 0.317 e. The molecule has 0 bridgehead atoms. The second-order valence-electron chi connectivity index (χ2n) is 3.76. The number of fused-ring (bicyclic) bond motifs is 1. The van der Waals surface area contributed by atoms with Crippen molar-refractivity contribution in [2.24, 2.45) is 5.92 Å². The molecule has 0 unspecified atom stereocenters. The molecule has 4 heteroatoms. The Bertz CT molecular complexity index is 208. The SMILES string of the molecule is CNC(=O)N1CCC[C@H]2COC[C@H]21. The zero-order chi connectivity index (χ0) is 9.26. The fraction of sp³-hybridized carbons (Fsp3) is 0.889. The number of carbonyl (C=O) groups excluding carboxylic acids is 1. The van der Waals surface area contributed by atoms with Crippen LogP contribution in [0, 0.1) is 5.92 Å². The van der Waals surface area contributed by atoms with Gasteiger partial charge in [-0.1, -0.05) is 0 Å². The Labute approximate surface area is 78.2 Å². The number of ether oxygens (including phenoxy) is 1. The lowest BCUT2D eigenvalue weighted by molar-refractivity contribution is 0.132. The summed E-state index contributed by atoms with van der Waals surface area (Å²) in [4.78, 5) is 13.4. The van der Waals surface area contributed by atoms with Crippen LogP contribution in [0.5, 0.6) is 0 Å². The number of urea groups is 1. The summed E-state index contributed by atoms with van der Waals surface area (Å²) in [6, 6.07) is 0.369. The maximum atomic E-state index is 11.5. The summed E-state index contributed by atoms with van der Waals surface area (Å²) in [5, 5.41) is 2.68. The fourth-order valence-electron chi connectivity index (χ4n) is 2.29. The molecular formula is C9H16N2O2. The summed E-state index contributed by atoms with van der Waals surface area (Å²) in [6.45, 7) is 2.43. The Morgan fingerprint density at radius 2 is 2.38 bits per heavy atom. The highest BCUT2D eigenvalue weighted by Gasteiger charge is 2.37. The number of likely N-dealkylation sites (tertiary alicyclic amines) is 1. The molecule has 2 saturated heterocycles.